The SMILES string of the molecule is CC1CCN(C(=O)c2nc(C(=O)NCc3cccnc3)n3ccccc23)CC1. The second-order valence-electron chi connectivity index (χ2n) is 7.26. The Morgan fingerprint density at radius 1 is 1.18 bits per heavy atom. The molecule has 28 heavy (non-hydrogen) atoms. The van der Waals surface area contributed by atoms with Crippen molar-refractivity contribution in [2.24, 2.45) is 5.92 Å². The van der Waals surface area contributed by atoms with Gasteiger partial charge in [-0.2, -0.15) is 0 Å². The van der Waals surface area contributed by atoms with E-state index >= 15 is 0 Å². The van der Waals surface area contributed by atoms with Crippen LogP contribution < -0.4 is 5.32 Å². The lowest BCUT2D eigenvalue weighted by molar-refractivity contribution is 0.0694. The summed E-state index contributed by atoms with van der Waals surface area (Å²) in [6, 6.07) is 9.21. The van der Waals surface area contributed by atoms with E-state index in [1.807, 2.05) is 35.2 Å². The summed E-state index contributed by atoms with van der Waals surface area (Å²) in [4.78, 5) is 36.1. The summed E-state index contributed by atoms with van der Waals surface area (Å²) in [6.45, 7) is 4.02. The van der Waals surface area contributed by atoms with Crippen LogP contribution in [-0.4, -0.2) is 44.2 Å². The van der Waals surface area contributed by atoms with Crippen LogP contribution in [0, 0.1) is 5.92 Å². The fourth-order valence-electron chi connectivity index (χ4n) is 3.48. The van der Waals surface area contributed by atoms with Crippen LogP contribution in [0.4, 0.5) is 0 Å². The molecular weight excluding hydrogens is 354 g/mol. The van der Waals surface area contributed by atoms with E-state index in [0.29, 0.717) is 23.7 Å². The number of piperidine rings is 1. The quantitative estimate of drug-likeness (QED) is 0.758. The summed E-state index contributed by atoms with van der Waals surface area (Å²) >= 11 is 0. The summed E-state index contributed by atoms with van der Waals surface area (Å²) in [6.07, 6.45) is 7.14. The Kier molecular flexibility index (Phi) is 5.06. The number of amides is 2. The average Bonchev–Trinajstić information content (AvgIpc) is 3.13. The fourth-order valence-corrected chi connectivity index (χ4v) is 3.48. The Hall–Kier alpha value is -3.22. The minimum absolute atomic E-state index is 0.109. The van der Waals surface area contributed by atoms with Gasteiger partial charge >= 0.3 is 0 Å². The molecule has 3 aromatic rings. The lowest BCUT2D eigenvalue weighted by Crippen LogP contribution is -2.38. The molecule has 0 spiro atoms. The molecule has 2 amide bonds. The predicted molar refractivity (Wildman–Crippen MR) is 105 cm³/mol. The highest BCUT2D eigenvalue weighted by molar-refractivity contribution is 6.02. The van der Waals surface area contributed by atoms with Crippen LogP contribution in [0.2, 0.25) is 0 Å². The first-order valence-electron chi connectivity index (χ1n) is 9.57. The molecule has 1 fully saturated rings. The van der Waals surface area contributed by atoms with Gasteiger partial charge in [0.05, 0.1) is 5.52 Å². The molecule has 0 bridgehead atoms. The van der Waals surface area contributed by atoms with Gasteiger partial charge in [0.25, 0.3) is 11.8 Å². The fraction of sp³-hybridized carbons (Fsp3) is 0.333. The Morgan fingerprint density at radius 3 is 2.75 bits per heavy atom. The van der Waals surface area contributed by atoms with Crippen molar-refractivity contribution in [3.8, 4) is 0 Å². The molecule has 0 atom stereocenters. The van der Waals surface area contributed by atoms with Crippen LogP contribution in [0.25, 0.3) is 5.52 Å². The summed E-state index contributed by atoms with van der Waals surface area (Å²) in [5, 5.41) is 2.86. The van der Waals surface area contributed by atoms with Gasteiger partial charge in [-0.05, 0) is 42.5 Å². The highest BCUT2D eigenvalue weighted by Crippen LogP contribution is 2.21. The summed E-state index contributed by atoms with van der Waals surface area (Å²) in [7, 11) is 0. The number of aromatic nitrogens is 3. The second kappa shape index (κ2) is 7.80. The normalized spacial score (nSPS) is 15.0. The molecule has 3 aromatic heterocycles. The second-order valence-corrected chi connectivity index (χ2v) is 7.26. The minimum atomic E-state index is -0.323. The van der Waals surface area contributed by atoms with Gasteiger partial charge in [0, 0.05) is 38.2 Å². The molecule has 144 valence electrons. The van der Waals surface area contributed by atoms with Gasteiger partial charge in [0.1, 0.15) is 0 Å². The molecule has 0 aliphatic carbocycles. The maximum Gasteiger partial charge on any atom is 0.287 e. The van der Waals surface area contributed by atoms with Crippen LogP contribution >= 0.6 is 0 Å². The minimum Gasteiger partial charge on any atom is -0.345 e. The van der Waals surface area contributed by atoms with Crippen molar-refractivity contribution in [2.75, 3.05) is 13.1 Å². The number of likely N-dealkylation sites (tertiary alicyclic amines) is 1. The lowest BCUT2D eigenvalue weighted by atomic mass is 9.99. The molecule has 1 saturated heterocycles. The van der Waals surface area contributed by atoms with Crippen molar-refractivity contribution >= 4 is 17.3 Å². The maximum atomic E-state index is 13.0. The molecule has 7 nitrogen and oxygen atoms in total. The zero-order chi connectivity index (χ0) is 19.5. The summed E-state index contributed by atoms with van der Waals surface area (Å²) < 4.78 is 1.68. The van der Waals surface area contributed by atoms with Gasteiger partial charge in [-0.1, -0.05) is 19.1 Å². The Labute approximate surface area is 163 Å². The van der Waals surface area contributed by atoms with Crippen molar-refractivity contribution < 1.29 is 9.59 Å². The highest BCUT2D eigenvalue weighted by Gasteiger charge is 2.27. The van der Waals surface area contributed by atoms with Crippen molar-refractivity contribution in [3.63, 3.8) is 0 Å². The third-order valence-corrected chi connectivity index (χ3v) is 5.20. The number of nitrogens with zero attached hydrogens (tertiary/aromatic N) is 4. The number of carbonyl (C=O) groups excluding carboxylic acids is 2. The van der Waals surface area contributed by atoms with Crippen molar-refractivity contribution in [1.29, 1.82) is 0 Å². The molecular formula is C21H23N5O2. The molecule has 1 aliphatic heterocycles. The molecule has 0 radical (unpaired) electrons. The summed E-state index contributed by atoms with van der Waals surface area (Å²) in [5.74, 6) is 0.420. The number of imidazole rings is 1. The van der Waals surface area contributed by atoms with Crippen LogP contribution in [0.15, 0.2) is 48.9 Å². The Balaban J connectivity index is 1.59. The number of fused-ring (bicyclic) bond motifs is 1. The number of carbonyl (C=O) groups is 2. The standard InChI is InChI=1S/C21H23N5O2/c1-15-7-11-25(12-8-15)21(28)18-17-6-2-3-10-26(17)19(24-18)20(27)23-14-16-5-4-9-22-13-16/h2-6,9-10,13,15H,7-8,11-12,14H2,1H3,(H,23,27). The van der Waals surface area contributed by atoms with Crippen molar-refractivity contribution in [3.05, 3.63) is 66.0 Å². The van der Waals surface area contributed by atoms with E-state index in [1.54, 1.807) is 23.0 Å². The van der Waals surface area contributed by atoms with Crippen LogP contribution in [-0.2, 0) is 6.54 Å². The van der Waals surface area contributed by atoms with E-state index in [0.717, 1.165) is 31.5 Å². The Morgan fingerprint density at radius 2 is 2.00 bits per heavy atom. The number of hydrogen-bond acceptors (Lipinski definition) is 4. The number of pyridine rings is 2. The van der Waals surface area contributed by atoms with E-state index in [1.165, 1.54) is 0 Å². The van der Waals surface area contributed by atoms with Gasteiger partial charge in [-0.3, -0.25) is 19.0 Å². The maximum absolute atomic E-state index is 13.0. The smallest absolute Gasteiger partial charge is 0.287 e. The highest BCUT2D eigenvalue weighted by atomic mass is 16.2. The van der Waals surface area contributed by atoms with Crippen molar-refractivity contribution in [2.45, 2.75) is 26.3 Å². The van der Waals surface area contributed by atoms with Gasteiger partial charge in [-0.25, -0.2) is 4.98 Å². The first-order chi connectivity index (χ1) is 13.6. The third-order valence-electron chi connectivity index (χ3n) is 5.20. The molecule has 0 saturated carbocycles. The number of rotatable bonds is 4. The van der Waals surface area contributed by atoms with Crippen LogP contribution in [0.1, 0.15) is 46.4 Å². The van der Waals surface area contributed by atoms with Crippen molar-refractivity contribution in [1.82, 2.24) is 24.6 Å². The number of nitrogens with one attached hydrogen (secondary N) is 1. The lowest BCUT2D eigenvalue weighted by Gasteiger charge is -2.29. The van der Waals surface area contributed by atoms with E-state index in [4.69, 9.17) is 0 Å². The molecule has 1 aliphatic rings. The molecule has 0 unspecified atom stereocenters. The molecule has 0 aromatic carbocycles. The van der Waals surface area contributed by atoms with E-state index in [9.17, 15) is 9.59 Å². The predicted octanol–water partition coefficient (Wildman–Crippen LogP) is 2.53. The van der Waals surface area contributed by atoms with E-state index < -0.39 is 0 Å². The van der Waals surface area contributed by atoms with E-state index in [2.05, 4.69) is 22.2 Å². The Bertz CT molecular complexity index is 990. The zero-order valence-electron chi connectivity index (χ0n) is 15.8. The topological polar surface area (TPSA) is 79.6 Å². The zero-order valence-corrected chi connectivity index (χ0v) is 15.8. The van der Waals surface area contributed by atoms with Crippen LogP contribution in [0.3, 0.4) is 0 Å². The average molecular weight is 377 g/mol. The van der Waals surface area contributed by atoms with Gasteiger partial charge in [-0.15, -0.1) is 0 Å². The molecule has 7 heteroatoms. The van der Waals surface area contributed by atoms with Gasteiger partial charge < -0.3 is 10.2 Å². The monoisotopic (exact) mass is 377 g/mol. The first-order valence-corrected chi connectivity index (χ1v) is 9.57. The molecule has 1 N–H and O–H groups in total. The third kappa shape index (κ3) is 3.60. The number of hydrogen-bond donors (Lipinski definition) is 1. The van der Waals surface area contributed by atoms with Gasteiger partial charge in [0.2, 0.25) is 5.82 Å². The summed E-state index contributed by atoms with van der Waals surface area (Å²) in [5.41, 5.74) is 1.88. The largest absolute Gasteiger partial charge is 0.345 e. The van der Waals surface area contributed by atoms with Crippen LogP contribution in [0.5, 0.6) is 0 Å². The molecule has 4 heterocycles. The van der Waals surface area contributed by atoms with E-state index in [-0.39, 0.29) is 17.6 Å². The first kappa shape index (κ1) is 18.2. The van der Waals surface area contributed by atoms with Gasteiger partial charge in [0.15, 0.2) is 5.69 Å². The molecule has 4 rings (SSSR count).